The third kappa shape index (κ3) is 2.84. The molecule has 24 heavy (non-hydrogen) atoms. The van der Waals surface area contributed by atoms with E-state index in [-0.39, 0.29) is 29.0 Å². The second-order valence-corrected chi connectivity index (χ2v) is 5.97. The van der Waals surface area contributed by atoms with Gasteiger partial charge in [0.05, 0.1) is 17.3 Å². The van der Waals surface area contributed by atoms with Crippen LogP contribution in [0.4, 0.5) is 5.69 Å². The number of nitrogens with one attached hydrogen (secondary N) is 2. The number of piperidine rings is 1. The minimum Gasteiger partial charge on any atom is -0.355 e. The highest BCUT2D eigenvalue weighted by Crippen LogP contribution is 2.17. The number of rotatable bonds is 3. The first-order valence-electron chi connectivity index (χ1n) is 7.90. The smallest absolute Gasteiger partial charge is 0.295 e. The van der Waals surface area contributed by atoms with Gasteiger partial charge in [-0.1, -0.05) is 18.2 Å². The van der Waals surface area contributed by atoms with Gasteiger partial charge in [-0.3, -0.25) is 19.1 Å². The Balaban J connectivity index is 1.88. The number of hydrogen-bond donors (Lipinski definition) is 2. The largest absolute Gasteiger partial charge is 0.355 e. The summed E-state index contributed by atoms with van der Waals surface area (Å²) in [6.07, 6.45) is 0.830. The fraction of sp³-hybridized carbons (Fsp3) is 0.353. The summed E-state index contributed by atoms with van der Waals surface area (Å²) in [5.41, 5.74) is 1.42. The molecule has 0 saturated carbocycles. The molecule has 1 aromatic carbocycles. The Bertz CT molecular complexity index is 826. The lowest BCUT2D eigenvalue weighted by Crippen LogP contribution is -2.41. The fourth-order valence-electron chi connectivity index (χ4n) is 2.89. The molecule has 126 valence electrons. The summed E-state index contributed by atoms with van der Waals surface area (Å²) >= 11 is 0. The molecule has 0 bridgehead atoms. The van der Waals surface area contributed by atoms with Crippen molar-refractivity contribution in [3.05, 3.63) is 46.4 Å². The maximum atomic E-state index is 12.7. The van der Waals surface area contributed by atoms with Crippen molar-refractivity contribution in [3.8, 4) is 5.69 Å². The standard InChI is InChI=1S/C17H20N4O3/c1-11-15(19-16(23)12-8-9-14(22)18-10-12)17(24)21(20(11)2)13-6-4-3-5-7-13/h3-7,12H,8-10H2,1-2H3,(H,18,22)(H,19,23). The van der Waals surface area contributed by atoms with Gasteiger partial charge in [0, 0.05) is 20.0 Å². The van der Waals surface area contributed by atoms with Crippen molar-refractivity contribution < 1.29 is 9.59 Å². The van der Waals surface area contributed by atoms with E-state index in [1.807, 2.05) is 30.3 Å². The van der Waals surface area contributed by atoms with E-state index < -0.39 is 0 Å². The second-order valence-electron chi connectivity index (χ2n) is 5.97. The third-order valence-electron chi connectivity index (χ3n) is 4.44. The number of hydrogen-bond acceptors (Lipinski definition) is 3. The first kappa shape index (κ1) is 16.0. The maximum absolute atomic E-state index is 12.7. The second kappa shape index (κ2) is 6.35. The lowest BCUT2D eigenvalue weighted by Gasteiger charge is -2.21. The Morgan fingerprint density at radius 3 is 2.58 bits per heavy atom. The van der Waals surface area contributed by atoms with Gasteiger partial charge in [0.1, 0.15) is 5.69 Å². The van der Waals surface area contributed by atoms with Gasteiger partial charge in [0.25, 0.3) is 5.56 Å². The van der Waals surface area contributed by atoms with Crippen LogP contribution >= 0.6 is 0 Å². The number of aromatic nitrogens is 2. The van der Waals surface area contributed by atoms with Crippen molar-refractivity contribution >= 4 is 17.5 Å². The van der Waals surface area contributed by atoms with Gasteiger partial charge in [0.2, 0.25) is 11.8 Å². The van der Waals surface area contributed by atoms with E-state index >= 15 is 0 Å². The summed E-state index contributed by atoms with van der Waals surface area (Å²) in [5.74, 6) is -0.589. The molecular formula is C17H20N4O3. The normalized spacial score (nSPS) is 17.4. The monoisotopic (exact) mass is 328 g/mol. The van der Waals surface area contributed by atoms with Gasteiger partial charge in [-0.2, -0.15) is 0 Å². The molecule has 0 radical (unpaired) electrons. The lowest BCUT2D eigenvalue weighted by atomic mass is 9.98. The van der Waals surface area contributed by atoms with Gasteiger partial charge in [-0.15, -0.1) is 0 Å². The summed E-state index contributed by atoms with van der Waals surface area (Å²) in [7, 11) is 1.78. The highest BCUT2D eigenvalue weighted by Gasteiger charge is 2.26. The zero-order valence-electron chi connectivity index (χ0n) is 13.7. The van der Waals surface area contributed by atoms with Gasteiger partial charge in [-0.05, 0) is 25.5 Å². The van der Waals surface area contributed by atoms with Crippen molar-refractivity contribution in [2.45, 2.75) is 19.8 Å². The Morgan fingerprint density at radius 1 is 1.25 bits per heavy atom. The molecule has 7 heteroatoms. The fourth-order valence-corrected chi connectivity index (χ4v) is 2.89. The predicted molar refractivity (Wildman–Crippen MR) is 90.1 cm³/mol. The topological polar surface area (TPSA) is 85.1 Å². The predicted octanol–water partition coefficient (Wildman–Crippen LogP) is 0.949. The van der Waals surface area contributed by atoms with E-state index in [1.165, 1.54) is 4.68 Å². The van der Waals surface area contributed by atoms with Gasteiger partial charge in [0.15, 0.2) is 0 Å². The van der Waals surface area contributed by atoms with Crippen LogP contribution < -0.4 is 16.2 Å². The zero-order chi connectivity index (χ0) is 17.3. The number of para-hydroxylation sites is 1. The Labute approximate surface area is 139 Å². The van der Waals surface area contributed by atoms with E-state index in [2.05, 4.69) is 10.6 Å². The molecule has 1 aliphatic rings. The van der Waals surface area contributed by atoms with E-state index in [0.717, 1.165) is 5.69 Å². The van der Waals surface area contributed by atoms with Crippen LogP contribution in [-0.4, -0.2) is 27.7 Å². The van der Waals surface area contributed by atoms with E-state index in [4.69, 9.17) is 0 Å². The molecule has 0 spiro atoms. The number of anilines is 1. The van der Waals surface area contributed by atoms with Crippen molar-refractivity contribution in [2.24, 2.45) is 13.0 Å². The molecule has 1 saturated heterocycles. The minimum atomic E-state index is -0.313. The molecule has 1 fully saturated rings. The van der Waals surface area contributed by atoms with Crippen LogP contribution in [-0.2, 0) is 16.6 Å². The molecular weight excluding hydrogens is 308 g/mol. The summed E-state index contributed by atoms with van der Waals surface area (Å²) in [6, 6.07) is 9.26. The average molecular weight is 328 g/mol. The molecule has 2 heterocycles. The maximum Gasteiger partial charge on any atom is 0.295 e. The van der Waals surface area contributed by atoms with E-state index in [9.17, 15) is 14.4 Å². The average Bonchev–Trinajstić information content (AvgIpc) is 2.80. The molecule has 1 unspecified atom stereocenters. The van der Waals surface area contributed by atoms with Gasteiger partial charge in [-0.25, -0.2) is 4.68 Å². The van der Waals surface area contributed by atoms with Gasteiger partial charge < -0.3 is 10.6 Å². The highest BCUT2D eigenvalue weighted by molar-refractivity contribution is 5.94. The molecule has 1 aromatic heterocycles. The van der Waals surface area contributed by atoms with Crippen molar-refractivity contribution in [1.29, 1.82) is 0 Å². The molecule has 7 nitrogen and oxygen atoms in total. The van der Waals surface area contributed by atoms with Crippen LogP contribution in [0.1, 0.15) is 18.5 Å². The van der Waals surface area contributed by atoms with Crippen LogP contribution in [0.15, 0.2) is 35.1 Å². The first-order chi connectivity index (χ1) is 11.5. The SMILES string of the molecule is Cc1c(NC(=O)C2CCC(=O)NC2)c(=O)n(-c2ccccc2)n1C. The number of benzene rings is 1. The Kier molecular flexibility index (Phi) is 4.24. The summed E-state index contributed by atoms with van der Waals surface area (Å²) in [4.78, 5) is 36.4. The molecule has 1 aliphatic heterocycles. The zero-order valence-corrected chi connectivity index (χ0v) is 13.7. The van der Waals surface area contributed by atoms with Gasteiger partial charge >= 0.3 is 0 Å². The molecule has 2 aromatic rings. The summed E-state index contributed by atoms with van der Waals surface area (Å²) in [6.45, 7) is 2.10. The van der Waals surface area contributed by atoms with Crippen molar-refractivity contribution in [1.82, 2.24) is 14.7 Å². The van der Waals surface area contributed by atoms with Crippen LogP contribution in [0.25, 0.3) is 5.69 Å². The van der Waals surface area contributed by atoms with E-state index in [1.54, 1.807) is 18.7 Å². The van der Waals surface area contributed by atoms with Crippen LogP contribution in [0, 0.1) is 12.8 Å². The third-order valence-corrected chi connectivity index (χ3v) is 4.44. The number of carbonyl (C=O) groups is 2. The Morgan fingerprint density at radius 2 is 1.96 bits per heavy atom. The van der Waals surface area contributed by atoms with Crippen LogP contribution in [0.5, 0.6) is 0 Å². The first-order valence-corrected chi connectivity index (χ1v) is 7.90. The number of carbonyl (C=O) groups excluding carboxylic acids is 2. The van der Waals surface area contributed by atoms with Crippen LogP contribution in [0.3, 0.4) is 0 Å². The summed E-state index contributed by atoms with van der Waals surface area (Å²) in [5, 5.41) is 5.43. The number of nitrogens with zero attached hydrogens (tertiary/aromatic N) is 2. The number of amides is 2. The molecule has 1 atom stereocenters. The van der Waals surface area contributed by atoms with Crippen LogP contribution in [0.2, 0.25) is 0 Å². The highest BCUT2D eigenvalue weighted by atomic mass is 16.2. The van der Waals surface area contributed by atoms with E-state index in [0.29, 0.717) is 25.1 Å². The molecule has 0 aliphatic carbocycles. The molecule has 3 rings (SSSR count). The van der Waals surface area contributed by atoms with Crippen molar-refractivity contribution in [3.63, 3.8) is 0 Å². The Hall–Kier alpha value is -2.83. The molecule has 2 N–H and O–H groups in total. The lowest BCUT2D eigenvalue weighted by molar-refractivity contribution is -0.126. The minimum absolute atomic E-state index is 0.0404. The quantitative estimate of drug-likeness (QED) is 0.880. The molecule has 2 amide bonds. The van der Waals surface area contributed by atoms with Crippen molar-refractivity contribution in [2.75, 3.05) is 11.9 Å². The summed E-state index contributed by atoms with van der Waals surface area (Å²) < 4.78 is 3.24.